The highest BCUT2D eigenvalue weighted by atomic mass is 79.9. The second kappa shape index (κ2) is 6.88. The summed E-state index contributed by atoms with van der Waals surface area (Å²) in [5, 5.41) is 0. The lowest BCUT2D eigenvalue weighted by Crippen LogP contribution is -1.95. The predicted molar refractivity (Wildman–Crippen MR) is 99.6 cm³/mol. The number of hydrogen-bond donors (Lipinski definition) is 0. The minimum absolute atomic E-state index is 0.212. The molecule has 2 aromatic carbocycles. The molecule has 0 spiro atoms. The van der Waals surface area contributed by atoms with E-state index in [2.05, 4.69) is 20.9 Å². The second-order valence-corrected chi connectivity index (χ2v) is 6.56. The van der Waals surface area contributed by atoms with Crippen molar-refractivity contribution < 1.29 is 13.9 Å². The third-order valence-electron chi connectivity index (χ3n) is 4.07. The van der Waals surface area contributed by atoms with Crippen molar-refractivity contribution in [2.24, 2.45) is 7.05 Å². The molecule has 0 aliphatic heterocycles. The Balaban J connectivity index is 2.17. The van der Waals surface area contributed by atoms with E-state index < -0.39 is 5.82 Å². The first-order chi connectivity index (χ1) is 12.0. The van der Waals surface area contributed by atoms with E-state index in [4.69, 9.17) is 9.47 Å². The van der Waals surface area contributed by atoms with Gasteiger partial charge in [-0.1, -0.05) is 0 Å². The number of rotatable bonds is 4. The monoisotopic (exact) mass is 404 g/mol. The molecule has 6 heteroatoms. The molecule has 1 aromatic heterocycles. The number of nitrogens with zero attached hydrogens (tertiary/aromatic N) is 2. The van der Waals surface area contributed by atoms with Crippen LogP contribution in [0.1, 0.15) is 5.56 Å². The van der Waals surface area contributed by atoms with Crippen molar-refractivity contribution in [2.75, 3.05) is 14.2 Å². The van der Waals surface area contributed by atoms with Gasteiger partial charge in [-0.3, -0.25) is 0 Å². The van der Waals surface area contributed by atoms with Gasteiger partial charge < -0.3 is 14.0 Å². The van der Waals surface area contributed by atoms with Crippen molar-refractivity contribution in [1.29, 1.82) is 0 Å². The van der Waals surface area contributed by atoms with Crippen LogP contribution in [-0.2, 0) is 7.05 Å². The fraction of sp³-hybridized carbons (Fsp3) is 0.211. The van der Waals surface area contributed by atoms with Gasteiger partial charge in [-0.25, -0.2) is 9.37 Å². The highest BCUT2D eigenvalue weighted by molar-refractivity contribution is 9.10. The van der Waals surface area contributed by atoms with E-state index in [-0.39, 0.29) is 5.75 Å². The maximum atomic E-state index is 14.1. The number of methoxy groups -OCH3 is 2. The molecule has 1 heterocycles. The van der Waals surface area contributed by atoms with Gasteiger partial charge in [-0.15, -0.1) is 0 Å². The van der Waals surface area contributed by atoms with Gasteiger partial charge in [0, 0.05) is 18.2 Å². The summed E-state index contributed by atoms with van der Waals surface area (Å²) in [6.45, 7) is 1.98. The molecule has 0 fully saturated rings. The van der Waals surface area contributed by atoms with Gasteiger partial charge in [0.15, 0.2) is 11.6 Å². The molecule has 3 rings (SSSR count). The Hall–Kier alpha value is -2.34. The average Bonchev–Trinajstić information content (AvgIpc) is 2.96. The molecule has 130 valence electrons. The zero-order valence-electron chi connectivity index (χ0n) is 14.4. The molecule has 0 saturated heterocycles. The lowest BCUT2D eigenvalue weighted by atomic mass is 10.0. The number of aromatic nitrogens is 2. The number of halogens is 2. The fourth-order valence-corrected chi connectivity index (χ4v) is 3.64. The lowest BCUT2D eigenvalue weighted by molar-refractivity contribution is 0.386. The Labute approximate surface area is 154 Å². The molecule has 0 atom stereocenters. The molecule has 0 saturated carbocycles. The highest BCUT2D eigenvalue weighted by Crippen LogP contribution is 2.38. The summed E-state index contributed by atoms with van der Waals surface area (Å²) >= 11 is 3.55. The largest absolute Gasteiger partial charge is 0.495 e. The van der Waals surface area contributed by atoms with E-state index in [1.807, 2.05) is 30.7 Å². The van der Waals surface area contributed by atoms with Crippen molar-refractivity contribution in [3.63, 3.8) is 0 Å². The number of benzene rings is 2. The van der Waals surface area contributed by atoms with Gasteiger partial charge in [0.05, 0.1) is 36.4 Å². The Morgan fingerprint density at radius 2 is 1.84 bits per heavy atom. The second-order valence-electron chi connectivity index (χ2n) is 5.71. The first kappa shape index (κ1) is 17.5. The molecule has 3 aromatic rings. The summed E-state index contributed by atoms with van der Waals surface area (Å²) in [4.78, 5) is 4.47. The zero-order chi connectivity index (χ0) is 18.1. The summed E-state index contributed by atoms with van der Waals surface area (Å²) < 4.78 is 27.3. The summed E-state index contributed by atoms with van der Waals surface area (Å²) in [6, 6.07) is 8.86. The molecule has 4 nitrogen and oxygen atoms in total. The van der Waals surface area contributed by atoms with Crippen LogP contribution in [0.15, 0.2) is 41.1 Å². The Morgan fingerprint density at radius 1 is 1.08 bits per heavy atom. The molecule has 0 aliphatic carbocycles. The van der Waals surface area contributed by atoms with E-state index in [0.29, 0.717) is 11.3 Å². The number of imidazole rings is 1. The van der Waals surface area contributed by atoms with Crippen LogP contribution in [0.4, 0.5) is 4.39 Å². The van der Waals surface area contributed by atoms with Crippen LogP contribution in [0.25, 0.3) is 22.5 Å². The first-order valence-electron chi connectivity index (χ1n) is 7.66. The normalized spacial score (nSPS) is 10.8. The zero-order valence-corrected chi connectivity index (χ0v) is 16.0. The summed E-state index contributed by atoms with van der Waals surface area (Å²) in [7, 11) is 5.00. The van der Waals surface area contributed by atoms with Gasteiger partial charge in [-0.2, -0.15) is 0 Å². The van der Waals surface area contributed by atoms with E-state index in [1.165, 1.54) is 13.2 Å². The SMILES string of the molecule is COc1ccc(-c2ncn(C)c2-c2cc(C)c(OC)c(Br)c2)cc1F. The van der Waals surface area contributed by atoms with Crippen LogP contribution >= 0.6 is 15.9 Å². The number of aryl methyl sites for hydroxylation is 2. The molecule has 0 unspecified atom stereocenters. The molecule has 0 amide bonds. The van der Waals surface area contributed by atoms with Crippen LogP contribution in [0.3, 0.4) is 0 Å². The van der Waals surface area contributed by atoms with E-state index >= 15 is 0 Å². The summed E-state index contributed by atoms with van der Waals surface area (Å²) in [5.41, 5.74) is 4.27. The van der Waals surface area contributed by atoms with E-state index in [9.17, 15) is 4.39 Å². The Bertz CT molecular complexity index is 914. The van der Waals surface area contributed by atoms with Crippen LogP contribution in [0.2, 0.25) is 0 Å². The maximum Gasteiger partial charge on any atom is 0.165 e. The van der Waals surface area contributed by atoms with Gasteiger partial charge in [0.1, 0.15) is 5.75 Å². The van der Waals surface area contributed by atoms with E-state index in [0.717, 1.165) is 27.0 Å². The van der Waals surface area contributed by atoms with Crippen LogP contribution in [0.5, 0.6) is 11.5 Å². The first-order valence-corrected chi connectivity index (χ1v) is 8.45. The minimum atomic E-state index is -0.413. The van der Waals surface area contributed by atoms with Crippen molar-refractivity contribution in [3.8, 4) is 34.0 Å². The number of ether oxygens (including phenoxy) is 2. The summed E-state index contributed by atoms with van der Waals surface area (Å²) in [6.07, 6.45) is 1.72. The van der Waals surface area contributed by atoms with Crippen molar-refractivity contribution >= 4 is 15.9 Å². The third kappa shape index (κ3) is 3.14. The molecule has 0 bridgehead atoms. The van der Waals surface area contributed by atoms with Crippen LogP contribution in [0, 0.1) is 12.7 Å². The third-order valence-corrected chi connectivity index (χ3v) is 4.66. The van der Waals surface area contributed by atoms with Gasteiger partial charge in [0.25, 0.3) is 0 Å². The molecular formula is C19H18BrFN2O2. The topological polar surface area (TPSA) is 36.3 Å². The molecule has 0 aliphatic rings. The van der Waals surface area contributed by atoms with Gasteiger partial charge in [-0.05, 0) is 58.7 Å². The van der Waals surface area contributed by atoms with Crippen LogP contribution in [-0.4, -0.2) is 23.8 Å². The molecule has 0 N–H and O–H groups in total. The Kier molecular flexibility index (Phi) is 4.81. The minimum Gasteiger partial charge on any atom is -0.495 e. The van der Waals surface area contributed by atoms with Crippen molar-refractivity contribution in [2.45, 2.75) is 6.92 Å². The van der Waals surface area contributed by atoms with Crippen molar-refractivity contribution in [1.82, 2.24) is 9.55 Å². The predicted octanol–water partition coefficient (Wildman–Crippen LogP) is 4.98. The van der Waals surface area contributed by atoms with Crippen molar-refractivity contribution in [3.05, 3.63) is 52.5 Å². The standard InChI is InChI=1S/C19H18BrFN2O2/c1-11-7-13(8-14(20)19(11)25-4)18-17(22-10-23(18)2)12-5-6-16(24-3)15(21)9-12/h5-10H,1-4H3. The van der Waals surface area contributed by atoms with Gasteiger partial charge in [0.2, 0.25) is 0 Å². The van der Waals surface area contributed by atoms with E-state index in [1.54, 1.807) is 25.6 Å². The fourth-order valence-electron chi connectivity index (χ4n) is 2.92. The smallest absolute Gasteiger partial charge is 0.165 e. The van der Waals surface area contributed by atoms with Gasteiger partial charge >= 0.3 is 0 Å². The molecule has 25 heavy (non-hydrogen) atoms. The molecular weight excluding hydrogens is 387 g/mol. The quantitative estimate of drug-likeness (QED) is 0.614. The average molecular weight is 405 g/mol. The maximum absolute atomic E-state index is 14.1. The Morgan fingerprint density at radius 3 is 2.44 bits per heavy atom. The highest BCUT2D eigenvalue weighted by Gasteiger charge is 2.17. The molecule has 0 radical (unpaired) electrons. The lowest BCUT2D eigenvalue weighted by Gasteiger charge is -2.12. The number of hydrogen-bond acceptors (Lipinski definition) is 3. The summed E-state index contributed by atoms with van der Waals surface area (Å²) in [5.74, 6) is 0.593. The van der Waals surface area contributed by atoms with Crippen LogP contribution < -0.4 is 9.47 Å².